The van der Waals surface area contributed by atoms with Crippen LogP contribution >= 0.6 is 0 Å². The van der Waals surface area contributed by atoms with Crippen LogP contribution in [0.1, 0.15) is 11.4 Å². The molecule has 0 fully saturated rings. The van der Waals surface area contributed by atoms with Crippen LogP contribution in [0, 0.1) is 6.92 Å². The predicted molar refractivity (Wildman–Crippen MR) is 50.3 cm³/mol. The Kier molecular flexibility index (Phi) is 2.24. The molecule has 0 unspecified atom stereocenters. The summed E-state index contributed by atoms with van der Waals surface area (Å²) in [5, 5.41) is 8.83. The summed E-state index contributed by atoms with van der Waals surface area (Å²) in [6.07, 6.45) is 4.91. The lowest BCUT2D eigenvalue weighted by molar-refractivity contribution is 0.277. The van der Waals surface area contributed by atoms with Crippen LogP contribution in [0.2, 0.25) is 0 Å². The number of aliphatic hydroxyl groups excluding tert-OH is 1. The zero-order valence-corrected chi connectivity index (χ0v) is 7.73. The van der Waals surface area contributed by atoms with Crippen molar-refractivity contribution >= 4 is 0 Å². The molecule has 14 heavy (non-hydrogen) atoms. The first-order chi connectivity index (χ1) is 6.79. The Hall–Kier alpha value is -1.75. The smallest absolute Gasteiger partial charge is 0.157 e. The molecule has 2 N–H and O–H groups in total. The largest absolute Gasteiger partial charge is 0.390 e. The summed E-state index contributed by atoms with van der Waals surface area (Å²) in [5.41, 5.74) is 2.21. The maximum absolute atomic E-state index is 8.83. The number of aromatic nitrogens is 4. The van der Waals surface area contributed by atoms with Crippen molar-refractivity contribution < 1.29 is 5.11 Å². The van der Waals surface area contributed by atoms with Gasteiger partial charge in [0.1, 0.15) is 5.69 Å². The average molecular weight is 190 g/mol. The van der Waals surface area contributed by atoms with E-state index >= 15 is 0 Å². The second-order valence-electron chi connectivity index (χ2n) is 2.96. The fourth-order valence-corrected chi connectivity index (χ4v) is 1.08. The molecule has 0 atom stereocenters. The molecule has 0 spiro atoms. The van der Waals surface area contributed by atoms with Crippen molar-refractivity contribution in [2.24, 2.45) is 0 Å². The number of imidazole rings is 1. The van der Waals surface area contributed by atoms with Gasteiger partial charge in [0.05, 0.1) is 30.4 Å². The topological polar surface area (TPSA) is 74.7 Å². The second kappa shape index (κ2) is 3.55. The van der Waals surface area contributed by atoms with Crippen LogP contribution in [0.25, 0.3) is 11.5 Å². The molecule has 0 aliphatic rings. The third-order valence-corrected chi connectivity index (χ3v) is 1.82. The van der Waals surface area contributed by atoms with Crippen molar-refractivity contribution in [2.75, 3.05) is 0 Å². The lowest BCUT2D eigenvalue weighted by Crippen LogP contribution is -1.90. The number of rotatable bonds is 2. The van der Waals surface area contributed by atoms with Gasteiger partial charge in [-0.3, -0.25) is 4.98 Å². The van der Waals surface area contributed by atoms with E-state index < -0.39 is 0 Å². The number of aryl methyl sites for hydroxylation is 1. The second-order valence-corrected chi connectivity index (χ2v) is 2.96. The zero-order chi connectivity index (χ0) is 9.97. The van der Waals surface area contributed by atoms with Gasteiger partial charge in [0.25, 0.3) is 0 Å². The van der Waals surface area contributed by atoms with Crippen molar-refractivity contribution in [1.82, 2.24) is 19.9 Å². The Morgan fingerprint density at radius 2 is 2.07 bits per heavy atom. The van der Waals surface area contributed by atoms with Gasteiger partial charge >= 0.3 is 0 Å². The van der Waals surface area contributed by atoms with E-state index in [1.165, 1.54) is 0 Å². The van der Waals surface area contributed by atoms with Gasteiger partial charge in [0, 0.05) is 6.20 Å². The Morgan fingerprint density at radius 1 is 1.21 bits per heavy atom. The van der Waals surface area contributed by atoms with Crippen molar-refractivity contribution in [3.63, 3.8) is 0 Å². The maximum Gasteiger partial charge on any atom is 0.157 e. The Bertz CT molecular complexity index is 421. The highest BCUT2D eigenvalue weighted by molar-refractivity contribution is 5.47. The van der Waals surface area contributed by atoms with Gasteiger partial charge in [-0.1, -0.05) is 0 Å². The summed E-state index contributed by atoms with van der Waals surface area (Å²) >= 11 is 0. The first kappa shape index (κ1) is 8.83. The Balaban J connectivity index is 2.34. The van der Waals surface area contributed by atoms with Crippen LogP contribution in [0.5, 0.6) is 0 Å². The minimum absolute atomic E-state index is 0.0493. The summed E-state index contributed by atoms with van der Waals surface area (Å²) in [5.74, 6) is 0.626. The lowest BCUT2D eigenvalue weighted by Gasteiger charge is -1.95. The minimum Gasteiger partial charge on any atom is -0.390 e. The monoisotopic (exact) mass is 190 g/mol. The van der Waals surface area contributed by atoms with Crippen LogP contribution in [0.15, 0.2) is 18.6 Å². The first-order valence-corrected chi connectivity index (χ1v) is 4.23. The summed E-state index contributed by atoms with van der Waals surface area (Å²) < 4.78 is 0. The summed E-state index contributed by atoms with van der Waals surface area (Å²) in [7, 11) is 0. The highest BCUT2D eigenvalue weighted by Crippen LogP contribution is 2.11. The number of nitrogens with one attached hydrogen (secondary N) is 1. The maximum atomic E-state index is 8.83. The van der Waals surface area contributed by atoms with Gasteiger partial charge in [-0.2, -0.15) is 0 Å². The summed E-state index contributed by atoms with van der Waals surface area (Å²) in [6.45, 7) is 1.82. The molecule has 0 aromatic carbocycles. The van der Waals surface area contributed by atoms with Crippen molar-refractivity contribution in [2.45, 2.75) is 13.5 Å². The van der Waals surface area contributed by atoms with Crippen LogP contribution < -0.4 is 0 Å². The minimum atomic E-state index is -0.0493. The number of H-pyrrole nitrogens is 1. The standard InChI is InChI=1S/C9H10N4O/c1-6-2-11-8(4-10-6)9-12-3-7(5-14)13-9/h2-4,14H,5H2,1H3,(H,12,13). The Morgan fingerprint density at radius 3 is 2.64 bits per heavy atom. The molecule has 0 aliphatic carbocycles. The molecular formula is C9H10N4O. The fraction of sp³-hybridized carbons (Fsp3) is 0.222. The lowest BCUT2D eigenvalue weighted by atomic mass is 10.4. The number of aliphatic hydroxyl groups is 1. The van der Waals surface area contributed by atoms with E-state index in [4.69, 9.17) is 5.11 Å². The van der Waals surface area contributed by atoms with Gasteiger partial charge < -0.3 is 10.1 Å². The van der Waals surface area contributed by atoms with Gasteiger partial charge in [0.2, 0.25) is 0 Å². The molecule has 2 aromatic rings. The van der Waals surface area contributed by atoms with Crippen LogP contribution in [0.3, 0.4) is 0 Å². The van der Waals surface area contributed by atoms with E-state index in [0.717, 1.165) is 5.69 Å². The molecule has 0 aliphatic heterocycles. The summed E-state index contributed by atoms with van der Waals surface area (Å²) in [4.78, 5) is 15.3. The van der Waals surface area contributed by atoms with Crippen LogP contribution in [-0.2, 0) is 6.61 Å². The Labute approximate surface area is 80.9 Å². The fourth-order valence-electron chi connectivity index (χ4n) is 1.08. The van der Waals surface area contributed by atoms with Gasteiger partial charge in [0.15, 0.2) is 5.82 Å². The average Bonchev–Trinajstić information content (AvgIpc) is 2.67. The normalized spacial score (nSPS) is 10.4. The van der Waals surface area contributed by atoms with E-state index in [1.807, 2.05) is 6.92 Å². The van der Waals surface area contributed by atoms with Crippen LogP contribution in [-0.4, -0.2) is 25.0 Å². The molecular weight excluding hydrogens is 180 g/mol. The number of nitrogens with zero attached hydrogens (tertiary/aromatic N) is 3. The first-order valence-electron chi connectivity index (χ1n) is 4.23. The van der Waals surface area contributed by atoms with E-state index in [9.17, 15) is 0 Å². The van der Waals surface area contributed by atoms with Crippen molar-refractivity contribution in [3.8, 4) is 11.5 Å². The van der Waals surface area contributed by atoms with Crippen LogP contribution in [0.4, 0.5) is 0 Å². The molecule has 5 nitrogen and oxygen atoms in total. The molecule has 0 amide bonds. The zero-order valence-electron chi connectivity index (χ0n) is 7.73. The molecule has 2 heterocycles. The van der Waals surface area contributed by atoms with Crippen molar-refractivity contribution in [1.29, 1.82) is 0 Å². The summed E-state index contributed by atoms with van der Waals surface area (Å²) in [6, 6.07) is 0. The SMILES string of the molecule is Cc1cnc(-c2ncc(CO)[nH]2)cn1. The number of hydrogen-bond donors (Lipinski definition) is 2. The molecule has 0 saturated heterocycles. The molecule has 5 heteroatoms. The van der Waals surface area contributed by atoms with E-state index in [-0.39, 0.29) is 6.61 Å². The van der Waals surface area contributed by atoms with Gasteiger partial charge in [-0.25, -0.2) is 9.97 Å². The highest BCUT2D eigenvalue weighted by Gasteiger charge is 2.03. The molecule has 2 rings (SSSR count). The number of hydrogen-bond acceptors (Lipinski definition) is 4. The molecule has 72 valence electrons. The van der Waals surface area contributed by atoms with Crippen molar-refractivity contribution in [3.05, 3.63) is 30.0 Å². The molecule has 0 radical (unpaired) electrons. The molecule has 0 saturated carbocycles. The van der Waals surface area contributed by atoms with E-state index in [1.54, 1.807) is 18.6 Å². The van der Waals surface area contributed by atoms with E-state index in [2.05, 4.69) is 19.9 Å². The third kappa shape index (κ3) is 1.62. The molecule has 0 bridgehead atoms. The number of aromatic amines is 1. The van der Waals surface area contributed by atoms with E-state index in [0.29, 0.717) is 17.2 Å². The third-order valence-electron chi connectivity index (χ3n) is 1.82. The quantitative estimate of drug-likeness (QED) is 0.729. The predicted octanol–water partition coefficient (Wildman–Crippen LogP) is 0.667. The molecule has 2 aromatic heterocycles. The highest BCUT2D eigenvalue weighted by atomic mass is 16.3. The van der Waals surface area contributed by atoms with Gasteiger partial charge in [-0.15, -0.1) is 0 Å². The van der Waals surface area contributed by atoms with Gasteiger partial charge in [-0.05, 0) is 6.92 Å².